The molecule has 2 nitrogen and oxygen atoms in total. The van der Waals surface area contributed by atoms with E-state index in [1.165, 1.54) is 24.2 Å². The summed E-state index contributed by atoms with van der Waals surface area (Å²) in [5.74, 6) is 1.51. The molecule has 0 saturated carbocycles. The lowest BCUT2D eigenvalue weighted by Crippen LogP contribution is -2.41. The number of hydrogen-bond donors (Lipinski definition) is 0. The summed E-state index contributed by atoms with van der Waals surface area (Å²) >= 11 is 0. The van der Waals surface area contributed by atoms with E-state index in [0.717, 1.165) is 6.07 Å². The van der Waals surface area contributed by atoms with E-state index in [1.54, 1.807) is 6.07 Å². The average Bonchev–Trinajstić information content (AvgIpc) is 2.54. The smallest absolute Gasteiger partial charge is 0.400 e. The molecule has 1 aliphatic rings. The summed E-state index contributed by atoms with van der Waals surface area (Å²) in [6, 6.07) is 5.42. The normalized spacial score (nSPS) is 21.2. The lowest BCUT2D eigenvalue weighted by atomic mass is 9.88. The fraction of sp³-hybridized carbons (Fsp3) is 0.467. The van der Waals surface area contributed by atoms with E-state index in [1.807, 2.05) is 27.7 Å². The fourth-order valence-corrected chi connectivity index (χ4v) is 2.05. The molecular formula is C15H18BF3O2. The second kappa shape index (κ2) is 5.18. The van der Waals surface area contributed by atoms with Gasteiger partial charge in [0.05, 0.1) is 16.8 Å². The van der Waals surface area contributed by atoms with Crippen LogP contribution in [0.1, 0.15) is 38.8 Å². The molecule has 0 bridgehead atoms. The molecule has 0 unspecified atom stereocenters. The molecule has 0 aromatic heterocycles. The highest BCUT2D eigenvalue weighted by atomic mass is 19.4. The first-order valence-electron chi connectivity index (χ1n) is 6.73. The Morgan fingerprint density at radius 1 is 1.00 bits per heavy atom. The Balaban J connectivity index is 2.21. The molecule has 0 atom stereocenters. The maximum absolute atomic E-state index is 12.9. The van der Waals surface area contributed by atoms with Gasteiger partial charge in [-0.1, -0.05) is 30.3 Å². The van der Waals surface area contributed by atoms with E-state index in [2.05, 4.69) is 0 Å². The highest BCUT2D eigenvalue weighted by Crippen LogP contribution is 2.37. The summed E-state index contributed by atoms with van der Waals surface area (Å²) in [7, 11) is -0.656. The van der Waals surface area contributed by atoms with Crippen LogP contribution >= 0.6 is 0 Å². The standard InChI is InChI=1S/C15H18BF3O2/c1-13(2)14(3,4)21-16(20-13)10-9-11-7-5-6-8-12(11)15(17,18)19/h5-10H,1-4H3/b10-9-. The quantitative estimate of drug-likeness (QED) is 0.756. The molecule has 21 heavy (non-hydrogen) atoms. The van der Waals surface area contributed by atoms with Crippen LogP contribution in [0.15, 0.2) is 30.2 Å². The molecule has 2 rings (SSSR count). The third kappa shape index (κ3) is 3.32. The van der Waals surface area contributed by atoms with Gasteiger partial charge < -0.3 is 9.31 Å². The maximum atomic E-state index is 12.9. The van der Waals surface area contributed by atoms with Crippen LogP contribution in [0.5, 0.6) is 0 Å². The van der Waals surface area contributed by atoms with Gasteiger partial charge in [0.25, 0.3) is 0 Å². The van der Waals surface area contributed by atoms with Crippen molar-refractivity contribution in [3.05, 3.63) is 41.4 Å². The Morgan fingerprint density at radius 3 is 2.05 bits per heavy atom. The SMILES string of the molecule is CC1(C)OB(/C=C\c2ccccc2C(F)(F)F)OC1(C)C. The number of benzene rings is 1. The van der Waals surface area contributed by atoms with E-state index < -0.39 is 30.1 Å². The van der Waals surface area contributed by atoms with Crippen LogP contribution in [0.2, 0.25) is 0 Å². The van der Waals surface area contributed by atoms with Gasteiger partial charge in [-0.2, -0.15) is 13.2 Å². The third-order valence-corrected chi connectivity index (χ3v) is 3.97. The van der Waals surface area contributed by atoms with Crippen molar-refractivity contribution >= 4 is 13.2 Å². The van der Waals surface area contributed by atoms with Crippen LogP contribution in [0.4, 0.5) is 13.2 Å². The van der Waals surface area contributed by atoms with Gasteiger partial charge >= 0.3 is 13.3 Å². The molecule has 6 heteroatoms. The number of rotatable bonds is 2. The number of hydrogen-bond acceptors (Lipinski definition) is 2. The summed E-state index contributed by atoms with van der Waals surface area (Å²) in [4.78, 5) is 0. The third-order valence-electron chi connectivity index (χ3n) is 3.97. The van der Waals surface area contributed by atoms with Crippen molar-refractivity contribution in [2.45, 2.75) is 45.1 Å². The van der Waals surface area contributed by atoms with Crippen LogP contribution in [0.25, 0.3) is 6.08 Å². The van der Waals surface area contributed by atoms with Crippen LogP contribution in [-0.4, -0.2) is 18.3 Å². The van der Waals surface area contributed by atoms with Gasteiger partial charge in [-0.3, -0.25) is 0 Å². The number of halogens is 3. The molecule has 1 aliphatic heterocycles. The zero-order valence-electron chi connectivity index (χ0n) is 12.5. The molecule has 0 aliphatic carbocycles. The van der Waals surface area contributed by atoms with Crippen molar-refractivity contribution in [2.75, 3.05) is 0 Å². The summed E-state index contributed by atoms with van der Waals surface area (Å²) in [5, 5.41) is 0. The van der Waals surface area contributed by atoms with Crippen molar-refractivity contribution < 1.29 is 22.5 Å². The van der Waals surface area contributed by atoms with Gasteiger partial charge in [0, 0.05) is 0 Å². The molecule has 0 radical (unpaired) electrons. The Bertz CT molecular complexity index is 534. The van der Waals surface area contributed by atoms with Crippen LogP contribution in [0.3, 0.4) is 0 Å². The topological polar surface area (TPSA) is 18.5 Å². The molecule has 1 heterocycles. The van der Waals surface area contributed by atoms with Crippen molar-refractivity contribution in [3.63, 3.8) is 0 Å². The Kier molecular flexibility index (Phi) is 3.97. The monoisotopic (exact) mass is 298 g/mol. The summed E-state index contributed by atoms with van der Waals surface area (Å²) in [6.07, 6.45) is -2.98. The molecule has 0 spiro atoms. The van der Waals surface area contributed by atoms with Crippen molar-refractivity contribution in [3.8, 4) is 0 Å². The molecule has 1 aromatic rings. The fourth-order valence-electron chi connectivity index (χ4n) is 2.05. The van der Waals surface area contributed by atoms with E-state index in [4.69, 9.17) is 9.31 Å². The highest BCUT2D eigenvalue weighted by molar-refractivity contribution is 6.52. The molecule has 114 valence electrons. The Labute approximate surface area is 123 Å². The molecule has 1 fully saturated rings. The van der Waals surface area contributed by atoms with Gasteiger partial charge in [-0.25, -0.2) is 0 Å². The first-order chi connectivity index (χ1) is 9.53. The summed E-state index contributed by atoms with van der Waals surface area (Å²) < 4.78 is 50.1. The van der Waals surface area contributed by atoms with Crippen molar-refractivity contribution in [1.29, 1.82) is 0 Å². The molecule has 0 N–H and O–H groups in total. The lowest BCUT2D eigenvalue weighted by molar-refractivity contribution is -0.137. The minimum atomic E-state index is -4.38. The molecule has 1 aromatic carbocycles. The van der Waals surface area contributed by atoms with E-state index in [0.29, 0.717) is 0 Å². The Morgan fingerprint density at radius 2 is 1.52 bits per heavy atom. The van der Waals surface area contributed by atoms with Crippen molar-refractivity contribution in [1.82, 2.24) is 0 Å². The first-order valence-corrected chi connectivity index (χ1v) is 6.73. The molecule has 0 amide bonds. The van der Waals surface area contributed by atoms with Gasteiger partial charge in [-0.15, -0.1) is 0 Å². The summed E-state index contributed by atoms with van der Waals surface area (Å²) in [5.41, 5.74) is -1.59. The zero-order valence-corrected chi connectivity index (χ0v) is 12.5. The van der Waals surface area contributed by atoms with Crippen LogP contribution in [0, 0.1) is 0 Å². The van der Waals surface area contributed by atoms with Crippen molar-refractivity contribution in [2.24, 2.45) is 0 Å². The lowest BCUT2D eigenvalue weighted by Gasteiger charge is -2.32. The van der Waals surface area contributed by atoms with Crippen LogP contribution in [-0.2, 0) is 15.5 Å². The molecular weight excluding hydrogens is 280 g/mol. The Hall–Kier alpha value is -1.27. The predicted molar refractivity (Wildman–Crippen MR) is 76.6 cm³/mol. The van der Waals surface area contributed by atoms with E-state index >= 15 is 0 Å². The minimum absolute atomic E-state index is 0.0970. The van der Waals surface area contributed by atoms with Gasteiger partial charge in [0.1, 0.15) is 0 Å². The summed E-state index contributed by atoms with van der Waals surface area (Å²) in [6.45, 7) is 7.57. The van der Waals surface area contributed by atoms with Crippen LogP contribution < -0.4 is 0 Å². The highest BCUT2D eigenvalue weighted by Gasteiger charge is 2.50. The largest absolute Gasteiger partial charge is 0.487 e. The first kappa shape index (κ1) is 16.1. The second-order valence-electron chi connectivity index (χ2n) is 6.07. The van der Waals surface area contributed by atoms with Gasteiger partial charge in [-0.05, 0) is 39.3 Å². The van der Waals surface area contributed by atoms with Gasteiger partial charge in [0.2, 0.25) is 0 Å². The number of alkyl halides is 3. The van der Waals surface area contributed by atoms with E-state index in [-0.39, 0.29) is 5.56 Å². The maximum Gasteiger partial charge on any atom is 0.487 e. The van der Waals surface area contributed by atoms with E-state index in [9.17, 15) is 13.2 Å². The molecule has 1 saturated heterocycles. The average molecular weight is 298 g/mol. The second-order valence-corrected chi connectivity index (χ2v) is 6.07. The zero-order chi connectivity index (χ0) is 15.9. The predicted octanol–water partition coefficient (Wildman–Crippen LogP) is 4.35. The minimum Gasteiger partial charge on any atom is -0.400 e. The van der Waals surface area contributed by atoms with Gasteiger partial charge in [0.15, 0.2) is 0 Å².